The van der Waals surface area contributed by atoms with Crippen LogP contribution in [0.1, 0.15) is 25.8 Å². The van der Waals surface area contributed by atoms with Gasteiger partial charge in [0, 0.05) is 31.2 Å². The standard InChI is InChI=1S/C17H23N3O2/c1-13(2)9-15(17(21)22)11-19-10-14-3-5-16(6-4-14)20-8-7-18-12-20/h3-8,12-13,15,19H,9-11H2,1-2H3,(H,21,22). The predicted molar refractivity (Wildman–Crippen MR) is 85.9 cm³/mol. The molecule has 0 bridgehead atoms. The Morgan fingerprint density at radius 3 is 2.59 bits per heavy atom. The first-order chi connectivity index (χ1) is 10.6. The summed E-state index contributed by atoms with van der Waals surface area (Å²) in [5.41, 5.74) is 2.20. The lowest BCUT2D eigenvalue weighted by Crippen LogP contribution is -2.29. The molecule has 1 heterocycles. The van der Waals surface area contributed by atoms with Crippen LogP contribution in [0.15, 0.2) is 43.0 Å². The van der Waals surface area contributed by atoms with Gasteiger partial charge in [0.1, 0.15) is 0 Å². The van der Waals surface area contributed by atoms with Gasteiger partial charge in [-0.25, -0.2) is 4.98 Å². The van der Waals surface area contributed by atoms with Gasteiger partial charge in [-0.3, -0.25) is 4.79 Å². The molecule has 0 aliphatic carbocycles. The molecule has 2 aromatic rings. The first kappa shape index (κ1) is 16.2. The van der Waals surface area contributed by atoms with Gasteiger partial charge < -0.3 is 15.0 Å². The molecule has 0 saturated heterocycles. The average Bonchev–Trinajstić information content (AvgIpc) is 3.00. The number of nitrogens with zero attached hydrogens (tertiary/aromatic N) is 2. The molecule has 2 N–H and O–H groups in total. The van der Waals surface area contributed by atoms with Crippen LogP contribution >= 0.6 is 0 Å². The second-order valence-electron chi connectivity index (χ2n) is 5.93. The van der Waals surface area contributed by atoms with Gasteiger partial charge in [-0.2, -0.15) is 0 Å². The molecule has 0 aliphatic heterocycles. The second kappa shape index (κ2) is 7.75. The molecule has 5 nitrogen and oxygen atoms in total. The van der Waals surface area contributed by atoms with Crippen LogP contribution in [-0.4, -0.2) is 27.2 Å². The SMILES string of the molecule is CC(C)CC(CNCc1ccc(-n2ccnc2)cc1)C(=O)O. The number of imidazole rings is 1. The monoisotopic (exact) mass is 301 g/mol. The zero-order valence-electron chi connectivity index (χ0n) is 13.1. The summed E-state index contributed by atoms with van der Waals surface area (Å²) in [6.45, 7) is 5.26. The van der Waals surface area contributed by atoms with Gasteiger partial charge in [0.15, 0.2) is 0 Å². The van der Waals surface area contributed by atoms with E-state index in [9.17, 15) is 9.90 Å². The van der Waals surface area contributed by atoms with Crippen LogP contribution < -0.4 is 5.32 Å². The molecule has 5 heteroatoms. The normalized spacial score (nSPS) is 12.5. The Hall–Kier alpha value is -2.14. The fourth-order valence-electron chi connectivity index (χ4n) is 2.43. The number of benzene rings is 1. The summed E-state index contributed by atoms with van der Waals surface area (Å²) in [6.07, 6.45) is 6.10. The van der Waals surface area contributed by atoms with Gasteiger partial charge >= 0.3 is 5.97 Å². The number of hydrogen-bond donors (Lipinski definition) is 2. The maximum Gasteiger partial charge on any atom is 0.307 e. The topological polar surface area (TPSA) is 67.2 Å². The third-order valence-electron chi connectivity index (χ3n) is 3.56. The van der Waals surface area contributed by atoms with Crippen LogP contribution in [0.3, 0.4) is 0 Å². The van der Waals surface area contributed by atoms with Gasteiger partial charge in [-0.05, 0) is 30.0 Å². The van der Waals surface area contributed by atoms with E-state index in [4.69, 9.17) is 0 Å². The number of aromatic nitrogens is 2. The molecule has 0 radical (unpaired) electrons. The number of nitrogens with one attached hydrogen (secondary N) is 1. The molecule has 0 fully saturated rings. The van der Waals surface area contributed by atoms with E-state index in [1.807, 2.05) is 48.9 Å². The summed E-state index contributed by atoms with van der Waals surface area (Å²) >= 11 is 0. The van der Waals surface area contributed by atoms with Crippen molar-refractivity contribution in [2.24, 2.45) is 11.8 Å². The molecule has 2 rings (SSSR count). The third kappa shape index (κ3) is 4.70. The van der Waals surface area contributed by atoms with E-state index in [0.29, 0.717) is 25.4 Å². The van der Waals surface area contributed by atoms with E-state index in [0.717, 1.165) is 11.3 Å². The molecule has 1 atom stereocenters. The number of carboxylic acid groups (broad SMARTS) is 1. The highest BCUT2D eigenvalue weighted by Gasteiger charge is 2.18. The molecule has 22 heavy (non-hydrogen) atoms. The fraction of sp³-hybridized carbons (Fsp3) is 0.412. The van der Waals surface area contributed by atoms with Crippen LogP contribution in [0, 0.1) is 11.8 Å². The van der Waals surface area contributed by atoms with Gasteiger partial charge in [0.2, 0.25) is 0 Å². The Bertz CT molecular complexity index is 576. The molecule has 1 unspecified atom stereocenters. The Balaban J connectivity index is 1.85. The quantitative estimate of drug-likeness (QED) is 0.786. The highest BCUT2D eigenvalue weighted by Crippen LogP contribution is 2.12. The zero-order valence-corrected chi connectivity index (χ0v) is 13.1. The lowest BCUT2D eigenvalue weighted by atomic mass is 9.97. The van der Waals surface area contributed by atoms with Gasteiger partial charge in [-0.1, -0.05) is 26.0 Å². The van der Waals surface area contributed by atoms with Crippen LogP contribution in [-0.2, 0) is 11.3 Å². The van der Waals surface area contributed by atoms with Crippen molar-refractivity contribution in [2.75, 3.05) is 6.54 Å². The van der Waals surface area contributed by atoms with Crippen molar-refractivity contribution in [3.63, 3.8) is 0 Å². The summed E-state index contributed by atoms with van der Waals surface area (Å²) in [5.74, 6) is -0.667. The van der Waals surface area contributed by atoms with Gasteiger partial charge in [-0.15, -0.1) is 0 Å². The molecule has 0 spiro atoms. The maximum absolute atomic E-state index is 11.2. The van der Waals surface area contributed by atoms with E-state index >= 15 is 0 Å². The van der Waals surface area contributed by atoms with Gasteiger partial charge in [0.05, 0.1) is 12.2 Å². The van der Waals surface area contributed by atoms with Crippen molar-refractivity contribution in [3.05, 3.63) is 48.5 Å². The Morgan fingerprint density at radius 2 is 2.05 bits per heavy atom. The maximum atomic E-state index is 11.2. The highest BCUT2D eigenvalue weighted by atomic mass is 16.4. The summed E-state index contributed by atoms with van der Waals surface area (Å²) < 4.78 is 1.94. The third-order valence-corrected chi connectivity index (χ3v) is 3.56. The summed E-state index contributed by atoms with van der Waals surface area (Å²) in [4.78, 5) is 15.2. The minimum Gasteiger partial charge on any atom is -0.481 e. The molecule has 0 aliphatic rings. The van der Waals surface area contributed by atoms with Crippen molar-refractivity contribution < 1.29 is 9.90 Å². The fourth-order valence-corrected chi connectivity index (χ4v) is 2.43. The van der Waals surface area contributed by atoms with E-state index < -0.39 is 5.97 Å². The van der Waals surface area contributed by atoms with E-state index in [1.54, 1.807) is 12.5 Å². The number of carbonyl (C=O) groups is 1. The predicted octanol–water partition coefficient (Wildman–Crippen LogP) is 2.71. The van der Waals surface area contributed by atoms with Gasteiger partial charge in [0.25, 0.3) is 0 Å². The van der Waals surface area contributed by atoms with Crippen LogP contribution in [0.25, 0.3) is 5.69 Å². The van der Waals surface area contributed by atoms with Crippen molar-refractivity contribution >= 4 is 5.97 Å². The molecule has 1 aromatic carbocycles. The number of aliphatic carboxylic acids is 1. The minimum atomic E-state index is -0.725. The summed E-state index contributed by atoms with van der Waals surface area (Å²) in [7, 11) is 0. The molecular weight excluding hydrogens is 278 g/mol. The molecule has 118 valence electrons. The summed E-state index contributed by atoms with van der Waals surface area (Å²) in [5, 5.41) is 12.5. The lowest BCUT2D eigenvalue weighted by Gasteiger charge is -2.15. The van der Waals surface area contributed by atoms with Crippen molar-refractivity contribution in [1.82, 2.24) is 14.9 Å². The van der Waals surface area contributed by atoms with E-state index in [1.165, 1.54) is 0 Å². The zero-order chi connectivity index (χ0) is 15.9. The van der Waals surface area contributed by atoms with Crippen LogP contribution in [0.2, 0.25) is 0 Å². The number of hydrogen-bond acceptors (Lipinski definition) is 3. The van der Waals surface area contributed by atoms with Crippen molar-refractivity contribution in [2.45, 2.75) is 26.8 Å². The molecule has 0 saturated carbocycles. The van der Waals surface area contributed by atoms with Crippen molar-refractivity contribution in [1.29, 1.82) is 0 Å². The number of rotatable bonds is 8. The van der Waals surface area contributed by atoms with Crippen LogP contribution in [0.4, 0.5) is 0 Å². The van der Waals surface area contributed by atoms with Crippen molar-refractivity contribution in [3.8, 4) is 5.69 Å². The second-order valence-corrected chi connectivity index (χ2v) is 5.93. The largest absolute Gasteiger partial charge is 0.481 e. The van der Waals surface area contributed by atoms with E-state index in [-0.39, 0.29) is 5.92 Å². The highest BCUT2D eigenvalue weighted by molar-refractivity contribution is 5.70. The average molecular weight is 301 g/mol. The summed E-state index contributed by atoms with van der Waals surface area (Å²) in [6, 6.07) is 8.14. The minimum absolute atomic E-state index is 0.328. The Labute approximate surface area is 131 Å². The lowest BCUT2D eigenvalue weighted by molar-refractivity contribution is -0.142. The van der Waals surface area contributed by atoms with E-state index in [2.05, 4.69) is 10.3 Å². The number of carboxylic acids is 1. The Kier molecular flexibility index (Phi) is 5.72. The van der Waals surface area contributed by atoms with Crippen LogP contribution in [0.5, 0.6) is 0 Å². The Morgan fingerprint density at radius 1 is 1.32 bits per heavy atom. The molecular formula is C17H23N3O2. The molecule has 1 aromatic heterocycles. The first-order valence-electron chi connectivity index (χ1n) is 7.57. The molecule has 0 amide bonds. The first-order valence-corrected chi connectivity index (χ1v) is 7.57. The smallest absolute Gasteiger partial charge is 0.307 e.